The number of fused-ring (bicyclic) bond motifs is 3. The summed E-state index contributed by atoms with van der Waals surface area (Å²) in [7, 11) is 0. The molecule has 2 heterocycles. The molecule has 3 rings (SSSR count). The molecule has 0 unspecified atom stereocenters. The molecule has 1 atom stereocenters. The van der Waals surface area contributed by atoms with Crippen molar-refractivity contribution in [1.29, 1.82) is 0 Å². The van der Waals surface area contributed by atoms with Crippen LogP contribution < -0.4 is 0 Å². The predicted octanol–water partition coefficient (Wildman–Crippen LogP) is 3.54. The number of alkyl halides is 3. The lowest BCUT2D eigenvalue weighted by atomic mass is 10.0. The molecule has 2 aliphatic rings. The molecule has 0 saturated heterocycles. The van der Waals surface area contributed by atoms with Gasteiger partial charge >= 0.3 is 12.3 Å². The van der Waals surface area contributed by atoms with Gasteiger partial charge in [-0.1, -0.05) is 0 Å². The fraction of sp³-hybridized carbons (Fsp3) is 0.600. The highest BCUT2D eigenvalue weighted by Crippen LogP contribution is 2.50. The number of ketones is 1. The fourth-order valence-corrected chi connectivity index (χ4v) is 4.67. The maximum Gasteiger partial charge on any atom is 0.409 e. The molecule has 0 N–H and O–H groups in total. The summed E-state index contributed by atoms with van der Waals surface area (Å²) in [5.74, 6) is -2.09. The van der Waals surface area contributed by atoms with Crippen LogP contribution in [-0.2, 0) is 17.6 Å². The molecule has 1 aliphatic carbocycles. The minimum Gasteiger partial charge on any atom is -0.450 e. The zero-order valence-corrected chi connectivity index (χ0v) is 13.4. The van der Waals surface area contributed by atoms with Crippen molar-refractivity contribution in [3.05, 3.63) is 20.9 Å². The average Bonchev–Trinajstić information content (AvgIpc) is 2.89. The third-order valence-corrected chi connectivity index (χ3v) is 5.67. The van der Waals surface area contributed by atoms with Gasteiger partial charge in [-0.2, -0.15) is 13.2 Å². The Balaban J connectivity index is 1.87. The molecule has 0 aromatic carbocycles. The number of nitrogens with zero attached hydrogens (tertiary/aromatic N) is 1. The first-order valence-electron chi connectivity index (χ1n) is 7.49. The van der Waals surface area contributed by atoms with Crippen molar-refractivity contribution >= 4 is 23.2 Å². The number of ether oxygens (including phenoxy) is 1. The van der Waals surface area contributed by atoms with Gasteiger partial charge < -0.3 is 9.64 Å². The van der Waals surface area contributed by atoms with E-state index in [2.05, 4.69) is 0 Å². The van der Waals surface area contributed by atoms with Crippen LogP contribution in [0.25, 0.3) is 0 Å². The van der Waals surface area contributed by atoms with Crippen molar-refractivity contribution in [2.24, 2.45) is 0 Å². The molecule has 4 nitrogen and oxygen atoms in total. The topological polar surface area (TPSA) is 46.6 Å². The van der Waals surface area contributed by atoms with Crippen molar-refractivity contribution in [1.82, 2.24) is 4.90 Å². The molecule has 0 bridgehead atoms. The number of rotatable bonds is 1. The van der Waals surface area contributed by atoms with Crippen molar-refractivity contribution < 1.29 is 27.5 Å². The molecule has 0 fully saturated rings. The second-order valence-electron chi connectivity index (χ2n) is 5.65. The van der Waals surface area contributed by atoms with Crippen molar-refractivity contribution in [3.8, 4) is 0 Å². The Hall–Kier alpha value is -1.57. The zero-order chi connectivity index (χ0) is 16.8. The first kappa shape index (κ1) is 16.3. The lowest BCUT2D eigenvalue weighted by molar-refractivity contribution is -0.147. The first-order chi connectivity index (χ1) is 10.8. The Morgan fingerprint density at radius 1 is 1.35 bits per heavy atom. The average molecular weight is 347 g/mol. The van der Waals surface area contributed by atoms with Crippen molar-refractivity contribution in [2.75, 3.05) is 19.7 Å². The Kier molecular flexibility index (Phi) is 4.12. The summed E-state index contributed by atoms with van der Waals surface area (Å²) in [6.45, 7) is 2.75. The van der Waals surface area contributed by atoms with Crippen LogP contribution in [0, 0.1) is 0 Å². The molecule has 0 spiro atoms. The van der Waals surface area contributed by atoms with Gasteiger partial charge in [0.25, 0.3) is 0 Å². The monoisotopic (exact) mass is 347 g/mol. The Labute approximate surface area is 135 Å². The normalized spacial score (nSPS) is 21.0. The molecule has 1 aromatic heterocycles. The summed E-state index contributed by atoms with van der Waals surface area (Å²) in [4.78, 5) is 26.4. The lowest BCUT2D eigenvalue weighted by Gasteiger charge is -2.19. The van der Waals surface area contributed by atoms with Crippen LogP contribution in [0.4, 0.5) is 18.0 Å². The predicted molar refractivity (Wildman–Crippen MR) is 78.1 cm³/mol. The first-order valence-corrected chi connectivity index (χ1v) is 8.30. The third-order valence-electron chi connectivity index (χ3n) is 4.26. The summed E-state index contributed by atoms with van der Waals surface area (Å²) in [6, 6.07) is 0. The summed E-state index contributed by atoms with van der Waals surface area (Å²) in [5, 5.41) is 0. The molecule has 8 heteroatoms. The van der Waals surface area contributed by atoms with Crippen LogP contribution in [0.3, 0.4) is 0 Å². The van der Waals surface area contributed by atoms with Gasteiger partial charge in [-0.25, -0.2) is 4.79 Å². The Morgan fingerprint density at radius 3 is 2.70 bits per heavy atom. The SMILES string of the molecule is CCOC(=O)N1CCc2sc3c(c2CC1)C(=O)C[C@H]3C(F)(F)F. The molecule has 1 aliphatic heterocycles. The second kappa shape index (κ2) is 5.81. The number of hydrogen-bond donors (Lipinski definition) is 0. The molecule has 1 amide bonds. The Bertz CT molecular complexity index is 653. The smallest absolute Gasteiger partial charge is 0.409 e. The van der Waals surface area contributed by atoms with Gasteiger partial charge in [0.1, 0.15) is 0 Å². The highest BCUT2D eigenvalue weighted by molar-refractivity contribution is 7.12. The van der Waals surface area contributed by atoms with Crippen LogP contribution in [0.1, 0.15) is 44.9 Å². The largest absolute Gasteiger partial charge is 0.450 e. The molecular formula is C15H16F3NO3S. The summed E-state index contributed by atoms with van der Waals surface area (Å²) in [5.41, 5.74) is 0.964. The zero-order valence-electron chi connectivity index (χ0n) is 12.5. The van der Waals surface area contributed by atoms with E-state index in [0.717, 1.165) is 16.2 Å². The maximum atomic E-state index is 13.1. The minimum absolute atomic E-state index is 0.164. The van der Waals surface area contributed by atoms with Gasteiger partial charge in [0, 0.05) is 34.8 Å². The van der Waals surface area contributed by atoms with E-state index in [1.54, 1.807) is 11.8 Å². The van der Waals surface area contributed by atoms with E-state index < -0.39 is 30.4 Å². The van der Waals surface area contributed by atoms with Crippen LogP contribution in [-0.4, -0.2) is 42.6 Å². The number of halogens is 3. The number of amides is 1. The van der Waals surface area contributed by atoms with E-state index in [4.69, 9.17) is 4.74 Å². The van der Waals surface area contributed by atoms with E-state index >= 15 is 0 Å². The van der Waals surface area contributed by atoms with Gasteiger partial charge in [-0.05, 0) is 25.3 Å². The highest BCUT2D eigenvalue weighted by Gasteiger charge is 2.50. The van der Waals surface area contributed by atoms with Crippen LogP contribution in [0.2, 0.25) is 0 Å². The highest BCUT2D eigenvalue weighted by atomic mass is 32.1. The number of thiophene rings is 1. The van der Waals surface area contributed by atoms with E-state index in [0.29, 0.717) is 31.5 Å². The second-order valence-corrected chi connectivity index (χ2v) is 6.79. The number of carbonyl (C=O) groups is 2. The van der Waals surface area contributed by atoms with Crippen molar-refractivity contribution in [3.63, 3.8) is 0 Å². The molecule has 0 saturated carbocycles. The van der Waals surface area contributed by atoms with E-state index in [1.807, 2.05) is 0 Å². The van der Waals surface area contributed by atoms with Gasteiger partial charge in [-0.15, -0.1) is 11.3 Å². The molecule has 1 aromatic rings. The Morgan fingerprint density at radius 2 is 2.04 bits per heavy atom. The van der Waals surface area contributed by atoms with Crippen LogP contribution in [0.15, 0.2) is 0 Å². The fourth-order valence-electron chi connectivity index (χ4n) is 3.19. The van der Waals surface area contributed by atoms with E-state index in [9.17, 15) is 22.8 Å². The third kappa shape index (κ3) is 2.84. The van der Waals surface area contributed by atoms with Gasteiger partial charge in [-0.3, -0.25) is 4.79 Å². The molecular weight excluding hydrogens is 331 g/mol. The molecule has 126 valence electrons. The van der Waals surface area contributed by atoms with Crippen molar-refractivity contribution in [2.45, 2.75) is 38.3 Å². The maximum absolute atomic E-state index is 13.1. The number of hydrogen-bond acceptors (Lipinski definition) is 4. The summed E-state index contributed by atoms with van der Waals surface area (Å²) >= 11 is 1.08. The van der Waals surface area contributed by atoms with Crippen LogP contribution in [0.5, 0.6) is 0 Å². The minimum atomic E-state index is -4.39. The number of carbonyl (C=O) groups excluding carboxylic acids is 2. The summed E-state index contributed by atoms with van der Waals surface area (Å²) < 4.78 is 44.2. The van der Waals surface area contributed by atoms with Gasteiger partial charge in [0.15, 0.2) is 5.78 Å². The molecule has 23 heavy (non-hydrogen) atoms. The quantitative estimate of drug-likeness (QED) is 0.781. The van der Waals surface area contributed by atoms with Gasteiger partial charge in [0.2, 0.25) is 0 Å². The van der Waals surface area contributed by atoms with Gasteiger partial charge in [0.05, 0.1) is 12.5 Å². The van der Waals surface area contributed by atoms with E-state index in [1.165, 1.54) is 0 Å². The van der Waals surface area contributed by atoms with Crippen LogP contribution >= 0.6 is 11.3 Å². The molecule has 0 radical (unpaired) electrons. The summed E-state index contributed by atoms with van der Waals surface area (Å²) in [6.07, 6.45) is -4.43. The van der Waals surface area contributed by atoms with E-state index in [-0.39, 0.29) is 17.0 Å². The standard InChI is InChI=1S/C15H16F3NO3S/c1-2-22-14(21)19-5-3-8-11(4-6-19)23-13-9(15(16,17)18)7-10(20)12(8)13/h9H,2-7H2,1H3/t9-/m1/s1. The lowest BCUT2D eigenvalue weighted by Crippen LogP contribution is -2.33. The number of Topliss-reactive ketones (excluding diaryl/α,β-unsaturated/α-hetero) is 1.